The van der Waals surface area contributed by atoms with Gasteiger partial charge in [0.15, 0.2) is 6.10 Å². The fraction of sp³-hybridized carbons (Fsp3) is 0.733. The fourth-order valence-electron chi connectivity index (χ4n) is 7.58. The lowest BCUT2D eigenvalue weighted by molar-refractivity contribution is -0.870. The predicted molar refractivity (Wildman–Crippen MR) is 298 cm³/mol. The van der Waals surface area contributed by atoms with Crippen molar-refractivity contribution in [1.29, 1.82) is 0 Å². The molecular formula is C60H107NO8P+. The van der Waals surface area contributed by atoms with E-state index in [0.717, 1.165) is 77.0 Å². The van der Waals surface area contributed by atoms with Gasteiger partial charge in [0.25, 0.3) is 0 Å². The Morgan fingerprint density at radius 3 is 1.21 bits per heavy atom. The van der Waals surface area contributed by atoms with Crippen LogP contribution < -0.4 is 0 Å². The number of nitrogens with zero attached hydrogens (tertiary/aromatic N) is 1. The SMILES string of the molecule is CC/C=C\C/C=C\C/C=C\C/C=C\C/C=C\C/C=C\C/C=C\CCCCCCCCCCCCCCCCCCCC(=O)OC(COC(=O)CCCCCCCCC)COP(=O)(O)OCC[N+](C)(C)C. The van der Waals surface area contributed by atoms with Crippen LogP contribution in [0.3, 0.4) is 0 Å². The van der Waals surface area contributed by atoms with Crippen LogP contribution in [0.5, 0.6) is 0 Å². The lowest BCUT2D eigenvalue weighted by Crippen LogP contribution is -2.37. The second kappa shape index (κ2) is 51.1. The molecule has 0 aliphatic carbocycles. The molecule has 0 aliphatic heterocycles. The monoisotopic (exact) mass is 1000 g/mol. The summed E-state index contributed by atoms with van der Waals surface area (Å²) in [5.41, 5.74) is 0. The third kappa shape index (κ3) is 54.5. The molecule has 0 amide bonds. The van der Waals surface area contributed by atoms with Crippen LogP contribution in [0.1, 0.15) is 232 Å². The topological polar surface area (TPSA) is 108 Å². The molecule has 1 N–H and O–H groups in total. The van der Waals surface area contributed by atoms with Crippen molar-refractivity contribution in [3.05, 3.63) is 85.1 Å². The highest BCUT2D eigenvalue weighted by Gasteiger charge is 2.27. The maximum absolute atomic E-state index is 12.7. The summed E-state index contributed by atoms with van der Waals surface area (Å²) in [6.07, 6.45) is 68.4. The van der Waals surface area contributed by atoms with Crippen LogP contribution in [0.2, 0.25) is 0 Å². The molecule has 0 spiro atoms. The summed E-state index contributed by atoms with van der Waals surface area (Å²) in [7, 11) is 1.48. The Balaban J connectivity index is 3.88. The summed E-state index contributed by atoms with van der Waals surface area (Å²) < 4.78 is 34.3. The van der Waals surface area contributed by atoms with Gasteiger partial charge < -0.3 is 18.9 Å². The second-order valence-electron chi connectivity index (χ2n) is 19.9. The molecule has 0 saturated heterocycles. The van der Waals surface area contributed by atoms with Crippen LogP contribution in [0, 0.1) is 0 Å². The van der Waals surface area contributed by atoms with Gasteiger partial charge in [0.05, 0.1) is 27.7 Å². The van der Waals surface area contributed by atoms with Crippen molar-refractivity contribution >= 4 is 19.8 Å². The van der Waals surface area contributed by atoms with E-state index in [4.69, 9.17) is 18.5 Å². The number of unbranched alkanes of at least 4 members (excludes halogenated alkanes) is 23. The van der Waals surface area contributed by atoms with E-state index < -0.39 is 26.5 Å². The quantitative estimate of drug-likeness (QED) is 0.0211. The van der Waals surface area contributed by atoms with Crippen molar-refractivity contribution in [1.82, 2.24) is 0 Å². The zero-order valence-electron chi connectivity index (χ0n) is 45.7. The van der Waals surface area contributed by atoms with Gasteiger partial charge in [-0.3, -0.25) is 18.6 Å². The highest BCUT2D eigenvalue weighted by atomic mass is 31.2. The Morgan fingerprint density at radius 2 is 0.814 bits per heavy atom. The van der Waals surface area contributed by atoms with E-state index in [0.29, 0.717) is 17.4 Å². The molecule has 9 nitrogen and oxygen atoms in total. The first-order chi connectivity index (χ1) is 34.0. The minimum absolute atomic E-state index is 0.0313. The van der Waals surface area contributed by atoms with Gasteiger partial charge in [0.2, 0.25) is 0 Å². The molecule has 0 aromatic heterocycles. The largest absolute Gasteiger partial charge is 0.472 e. The summed E-state index contributed by atoms with van der Waals surface area (Å²) in [4.78, 5) is 35.3. The number of phosphoric acid groups is 1. The average Bonchev–Trinajstić information content (AvgIpc) is 3.32. The molecule has 2 atom stereocenters. The first-order valence-electron chi connectivity index (χ1n) is 28.3. The number of rotatable bonds is 51. The molecule has 0 radical (unpaired) electrons. The van der Waals surface area contributed by atoms with Gasteiger partial charge in [0.1, 0.15) is 19.8 Å². The zero-order chi connectivity index (χ0) is 51.3. The summed E-state index contributed by atoms with van der Waals surface area (Å²) in [5, 5.41) is 0. The predicted octanol–water partition coefficient (Wildman–Crippen LogP) is 17.5. The maximum Gasteiger partial charge on any atom is 0.472 e. The number of ether oxygens (including phenoxy) is 2. The van der Waals surface area contributed by atoms with Crippen molar-refractivity contribution in [2.24, 2.45) is 0 Å². The number of quaternary nitrogens is 1. The molecule has 0 aromatic carbocycles. The van der Waals surface area contributed by atoms with Crippen LogP contribution in [0.25, 0.3) is 0 Å². The second-order valence-corrected chi connectivity index (χ2v) is 21.4. The molecule has 0 rings (SSSR count). The molecule has 70 heavy (non-hydrogen) atoms. The van der Waals surface area contributed by atoms with Crippen molar-refractivity contribution in [3.63, 3.8) is 0 Å². The molecule has 404 valence electrons. The number of phosphoric ester groups is 1. The summed E-state index contributed by atoms with van der Waals surface area (Å²) in [5.74, 6) is -0.802. The standard InChI is InChI=1S/C60H106NO8P/c1-6-8-10-12-14-15-16-17-18-19-20-21-22-23-24-25-26-27-28-29-30-31-32-33-34-35-36-37-38-39-40-41-42-43-44-45-47-49-51-53-60(63)69-58(57-68-70(64,65)67-55-54-61(3,4)5)56-66-59(62)52-50-48-46-13-11-9-7-2/h8,10,14-15,17-18,20-21,23-24,26-27,29-30,58H,6-7,9,11-13,16,19,22,25,28,31-57H2,1-5H3/p+1/b10-8-,15-14-,18-17-,21-20-,24-23-,27-26-,30-29-. The van der Waals surface area contributed by atoms with E-state index in [1.165, 1.54) is 122 Å². The first-order valence-corrected chi connectivity index (χ1v) is 29.8. The normalized spacial score (nSPS) is 14.0. The fourth-order valence-corrected chi connectivity index (χ4v) is 8.33. The smallest absolute Gasteiger partial charge is 0.462 e. The number of allylic oxidation sites excluding steroid dienone is 14. The van der Waals surface area contributed by atoms with Crippen molar-refractivity contribution in [3.8, 4) is 0 Å². The number of carbonyl (C=O) groups excluding carboxylic acids is 2. The Hall–Kier alpha value is -2.81. The number of carbonyl (C=O) groups is 2. The summed E-state index contributed by atoms with van der Waals surface area (Å²) in [6, 6.07) is 0. The zero-order valence-corrected chi connectivity index (χ0v) is 46.6. The molecule has 2 unspecified atom stereocenters. The van der Waals surface area contributed by atoms with Gasteiger partial charge in [-0.05, 0) is 70.6 Å². The molecule has 0 aliphatic rings. The van der Waals surface area contributed by atoms with E-state index in [2.05, 4.69) is 98.9 Å². The Labute approximate surface area is 431 Å². The van der Waals surface area contributed by atoms with E-state index in [1.807, 2.05) is 21.1 Å². The molecular weight excluding hydrogens is 894 g/mol. The third-order valence-corrected chi connectivity index (χ3v) is 12.9. The van der Waals surface area contributed by atoms with Crippen molar-refractivity contribution in [2.45, 2.75) is 238 Å². The molecule has 0 heterocycles. The number of hydrogen-bond acceptors (Lipinski definition) is 7. The van der Waals surface area contributed by atoms with Crippen LogP contribution in [0.4, 0.5) is 0 Å². The Morgan fingerprint density at radius 1 is 0.457 bits per heavy atom. The third-order valence-electron chi connectivity index (χ3n) is 11.9. The van der Waals surface area contributed by atoms with E-state index >= 15 is 0 Å². The van der Waals surface area contributed by atoms with Crippen LogP contribution >= 0.6 is 7.82 Å². The van der Waals surface area contributed by atoms with Crippen LogP contribution in [0.15, 0.2) is 85.1 Å². The minimum atomic E-state index is -4.37. The summed E-state index contributed by atoms with van der Waals surface area (Å²) in [6.45, 7) is 4.27. The first kappa shape index (κ1) is 67.2. The van der Waals surface area contributed by atoms with Crippen LogP contribution in [-0.4, -0.2) is 74.9 Å². The Bertz CT molecular complexity index is 1460. The molecule has 0 fully saturated rings. The van der Waals surface area contributed by atoms with Gasteiger partial charge in [-0.25, -0.2) is 4.57 Å². The number of esters is 2. The highest BCUT2D eigenvalue weighted by molar-refractivity contribution is 7.47. The molecule has 0 aromatic rings. The summed E-state index contributed by atoms with van der Waals surface area (Å²) >= 11 is 0. The van der Waals surface area contributed by atoms with E-state index in [-0.39, 0.29) is 32.0 Å². The molecule has 0 saturated carbocycles. The lowest BCUT2D eigenvalue weighted by atomic mass is 10.0. The van der Waals surface area contributed by atoms with Gasteiger partial charge in [0, 0.05) is 12.8 Å². The van der Waals surface area contributed by atoms with Gasteiger partial charge in [-0.15, -0.1) is 0 Å². The molecule has 0 bridgehead atoms. The van der Waals surface area contributed by atoms with Crippen LogP contribution in [-0.2, 0) is 32.7 Å². The number of hydrogen-bond donors (Lipinski definition) is 1. The van der Waals surface area contributed by atoms with Gasteiger partial charge in [-0.2, -0.15) is 0 Å². The maximum atomic E-state index is 12.7. The van der Waals surface area contributed by atoms with Crippen molar-refractivity contribution < 1.29 is 42.1 Å². The lowest BCUT2D eigenvalue weighted by Gasteiger charge is -2.24. The highest BCUT2D eigenvalue weighted by Crippen LogP contribution is 2.43. The molecule has 10 heteroatoms. The Kier molecular flexibility index (Phi) is 49.1. The average molecular weight is 1000 g/mol. The van der Waals surface area contributed by atoms with Gasteiger partial charge >= 0.3 is 19.8 Å². The van der Waals surface area contributed by atoms with Gasteiger partial charge in [-0.1, -0.05) is 234 Å². The minimum Gasteiger partial charge on any atom is -0.462 e. The van der Waals surface area contributed by atoms with Crippen molar-refractivity contribution in [2.75, 3.05) is 47.5 Å². The number of likely N-dealkylation sites (N-methyl/N-ethyl adjacent to an activating group) is 1. The van der Waals surface area contributed by atoms with E-state index in [9.17, 15) is 19.0 Å². The van der Waals surface area contributed by atoms with E-state index in [1.54, 1.807) is 0 Å².